The van der Waals surface area contributed by atoms with E-state index in [9.17, 15) is 22.4 Å². The first-order valence-corrected chi connectivity index (χ1v) is 15.8. The average molecular weight is 612 g/mol. The standard InChI is InChI=1S/C28H33Cl2FN4O4S/c29-23-7-5-21(15-24(23)30)40(38,39)35-13-10-32-28(37)26(35)16-27(36)33-25-3-1-2-19-14-18(4-6-22(19)25)17-34-11-8-20(31)9-12-34/h4-7,14-15,20,25-26H,1-3,8-13,16-17H2,(H,32,37)(H,33,36)/t25-,26-/m1/s1. The zero-order valence-electron chi connectivity index (χ0n) is 22.0. The highest BCUT2D eigenvalue weighted by molar-refractivity contribution is 7.89. The van der Waals surface area contributed by atoms with E-state index in [0.29, 0.717) is 12.8 Å². The molecule has 5 rings (SSSR count). The summed E-state index contributed by atoms with van der Waals surface area (Å²) in [4.78, 5) is 28.2. The number of nitrogens with zero attached hydrogens (tertiary/aromatic N) is 2. The van der Waals surface area contributed by atoms with E-state index >= 15 is 0 Å². The molecule has 2 atom stereocenters. The Labute approximate surface area is 244 Å². The number of amides is 2. The van der Waals surface area contributed by atoms with Gasteiger partial charge < -0.3 is 10.6 Å². The van der Waals surface area contributed by atoms with Crippen LogP contribution in [0, 0.1) is 0 Å². The predicted octanol–water partition coefficient (Wildman–Crippen LogP) is 4.00. The van der Waals surface area contributed by atoms with E-state index in [4.69, 9.17) is 23.2 Å². The fourth-order valence-corrected chi connectivity index (χ4v) is 7.79. The van der Waals surface area contributed by atoms with Crippen LogP contribution >= 0.6 is 23.2 Å². The second-order valence-electron chi connectivity index (χ2n) is 10.7. The minimum atomic E-state index is -4.11. The lowest BCUT2D eigenvalue weighted by molar-refractivity contribution is -0.132. The summed E-state index contributed by atoms with van der Waals surface area (Å²) in [7, 11) is -4.11. The number of sulfonamides is 1. The Morgan fingerprint density at radius 1 is 1.05 bits per heavy atom. The highest BCUT2D eigenvalue weighted by Gasteiger charge is 2.40. The van der Waals surface area contributed by atoms with Crippen LogP contribution in [0.4, 0.5) is 4.39 Å². The summed E-state index contributed by atoms with van der Waals surface area (Å²) in [5.74, 6) is -0.914. The Bertz CT molecular complexity index is 1380. The molecule has 2 amide bonds. The van der Waals surface area contributed by atoms with Crippen LogP contribution in [0.1, 0.15) is 54.8 Å². The van der Waals surface area contributed by atoms with Gasteiger partial charge in [0.15, 0.2) is 0 Å². The van der Waals surface area contributed by atoms with Crippen LogP contribution in [0.15, 0.2) is 41.3 Å². The normalized spacial score (nSPS) is 22.9. The van der Waals surface area contributed by atoms with Crippen molar-refractivity contribution in [2.45, 2.75) is 68.2 Å². The Balaban J connectivity index is 1.27. The lowest BCUT2D eigenvalue weighted by atomic mass is 9.86. The summed E-state index contributed by atoms with van der Waals surface area (Å²) in [6.45, 7) is 2.45. The molecule has 2 heterocycles. The first-order valence-electron chi connectivity index (χ1n) is 13.6. The van der Waals surface area contributed by atoms with Crippen molar-refractivity contribution in [1.82, 2.24) is 19.8 Å². The summed E-state index contributed by atoms with van der Waals surface area (Å²) >= 11 is 12.0. The van der Waals surface area contributed by atoms with Gasteiger partial charge in [0, 0.05) is 32.7 Å². The zero-order chi connectivity index (χ0) is 28.4. The Hall–Kier alpha value is -2.24. The van der Waals surface area contributed by atoms with Gasteiger partial charge >= 0.3 is 0 Å². The fourth-order valence-electron chi connectivity index (χ4n) is 5.81. The number of benzene rings is 2. The van der Waals surface area contributed by atoms with E-state index in [0.717, 1.165) is 48.8 Å². The predicted molar refractivity (Wildman–Crippen MR) is 151 cm³/mol. The Morgan fingerprint density at radius 2 is 1.82 bits per heavy atom. The number of piperazine rings is 1. The van der Waals surface area contributed by atoms with Crippen LogP contribution < -0.4 is 10.6 Å². The largest absolute Gasteiger partial charge is 0.353 e. The van der Waals surface area contributed by atoms with E-state index in [1.807, 2.05) is 6.07 Å². The van der Waals surface area contributed by atoms with E-state index in [-0.39, 0.29) is 40.5 Å². The molecule has 0 unspecified atom stereocenters. The monoisotopic (exact) mass is 610 g/mol. The molecule has 216 valence electrons. The van der Waals surface area contributed by atoms with Gasteiger partial charge in [-0.1, -0.05) is 41.4 Å². The van der Waals surface area contributed by atoms with Crippen molar-refractivity contribution < 1.29 is 22.4 Å². The molecule has 0 saturated carbocycles. The molecular formula is C28H33Cl2FN4O4S. The van der Waals surface area contributed by atoms with Crippen molar-refractivity contribution in [2.24, 2.45) is 0 Å². The van der Waals surface area contributed by atoms with E-state index < -0.39 is 34.1 Å². The van der Waals surface area contributed by atoms with Gasteiger partial charge in [-0.3, -0.25) is 14.5 Å². The van der Waals surface area contributed by atoms with Crippen LogP contribution in [0.3, 0.4) is 0 Å². The number of halogens is 3. The maximum absolute atomic E-state index is 13.5. The van der Waals surface area contributed by atoms with E-state index in [1.165, 1.54) is 29.3 Å². The molecule has 3 aliphatic rings. The molecule has 2 N–H and O–H groups in total. The van der Waals surface area contributed by atoms with Crippen molar-refractivity contribution >= 4 is 45.0 Å². The number of piperidine rings is 1. The van der Waals surface area contributed by atoms with Crippen molar-refractivity contribution in [3.8, 4) is 0 Å². The number of hydrogen-bond donors (Lipinski definition) is 2. The van der Waals surface area contributed by atoms with Crippen LogP contribution in [0.25, 0.3) is 0 Å². The van der Waals surface area contributed by atoms with Gasteiger partial charge in [0.2, 0.25) is 21.8 Å². The molecule has 40 heavy (non-hydrogen) atoms. The number of hydrogen-bond acceptors (Lipinski definition) is 5. The van der Waals surface area contributed by atoms with Gasteiger partial charge in [-0.2, -0.15) is 4.31 Å². The van der Waals surface area contributed by atoms with Crippen molar-refractivity contribution in [3.63, 3.8) is 0 Å². The molecular weight excluding hydrogens is 578 g/mol. The second-order valence-corrected chi connectivity index (χ2v) is 13.4. The van der Waals surface area contributed by atoms with Crippen molar-refractivity contribution in [2.75, 3.05) is 26.2 Å². The number of likely N-dealkylation sites (tertiary alicyclic amines) is 1. The fraction of sp³-hybridized carbons (Fsp3) is 0.500. The average Bonchev–Trinajstić information content (AvgIpc) is 2.92. The van der Waals surface area contributed by atoms with Crippen LogP contribution in [0.5, 0.6) is 0 Å². The molecule has 2 saturated heterocycles. The summed E-state index contributed by atoms with van der Waals surface area (Å²) in [5.41, 5.74) is 3.39. The molecule has 12 heteroatoms. The van der Waals surface area contributed by atoms with Crippen LogP contribution in [-0.2, 0) is 32.6 Å². The molecule has 0 spiro atoms. The molecule has 2 aromatic rings. The van der Waals surface area contributed by atoms with Crippen molar-refractivity contribution in [3.05, 3.63) is 63.1 Å². The van der Waals surface area contributed by atoms with Crippen LogP contribution in [-0.4, -0.2) is 67.8 Å². The number of carbonyl (C=O) groups is 2. The first kappa shape index (κ1) is 29.3. The third-order valence-electron chi connectivity index (χ3n) is 7.94. The molecule has 2 aliphatic heterocycles. The zero-order valence-corrected chi connectivity index (χ0v) is 24.4. The molecule has 2 fully saturated rings. The summed E-state index contributed by atoms with van der Waals surface area (Å²) in [6.07, 6.45) is 2.70. The Morgan fingerprint density at radius 3 is 2.58 bits per heavy atom. The number of fused-ring (bicyclic) bond motifs is 1. The summed E-state index contributed by atoms with van der Waals surface area (Å²) in [5, 5.41) is 6.02. The van der Waals surface area contributed by atoms with E-state index in [1.54, 1.807) is 0 Å². The SMILES string of the molecule is O=C(C[C@@H]1C(=O)NCCN1S(=O)(=O)c1ccc(Cl)c(Cl)c1)N[C@@H]1CCCc2cc(CN3CCC(F)CC3)ccc21. The van der Waals surface area contributed by atoms with Gasteiger partial charge in [-0.05, 0) is 67.0 Å². The minimum Gasteiger partial charge on any atom is -0.353 e. The minimum absolute atomic E-state index is 0.0321. The summed E-state index contributed by atoms with van der Waals surface area (Å²) < 4.78 is 41.4. The first-order chi connectivity index (χ1) is 19.1. The third kappa shape index (κ3) is 6.46. The molecule has 0 bridgehead atoms. The van der Waals surface area contributed by atoms with Gasteiger partial charge in [0.25, 0.3) is 0 Å². The highest BCUT2D eigenvalue weighted by Crippen LogP contribution is 2.32. The molecule has 0 aromatic heterocycles. The smallest absolute Gasteiger partial charge is 0.243 e. The van der Waals surface area contributed by atoms with E-state index in [2.05, 4.69) is 27.7 Å². The number of alkyl halides is 1. The maximum Gasteiger partial charge on any atom is 0.243 e. The summed E-state index contributed by atoms with van der Waals surface area (Å²) in [6, 6.07) is 8.85. The second kappa shape index (κ2) is 12.3. The number of aryl methyl sites for hydroxylation is 1. The maximum atomic E-state index is 13.5. The van der Waals surface area contributed by atoms with Gasteiger partial charge in [-0.15, -0.1) is 0 Å². The number of rotatable bonds is 7. The van der Waals surface area contributed by atoms with Gasteiger partial charge in [0.1, 0.15) is 12.2 Å². The van der Waals surface area contributed by atoms with Gasteiger partial charge in [0.05, 0.1) is 27.4 Å². The third-order valence-corrected chi connectivity index (χ3v) is 10.6. The van der Waals surface area contributed by atoms with Crippen LogP contribution in [0.2, 0.25) is 10.0 Å². The highest BCUT2D eigenvalue weighted by atomic mass is 35.5. The van der Waals surface area contributed by atoms with Crippen molar-refractivity contribution in [1.29, 1.82) is 0 Å². The molecule has 2 aromatic carbocycles. The Kier molecular flexibility index (Phi) is 9.01. The topological polar surface area (TPSA) is 98.8 Å². The lowest BCUT2D eigenvalue weighted by Gasteiger charge is -2.34. The lowest BCUT2D eigenvalue weighted by Crippen LogP contribution is -2.58. The number of nitrogens with one attached hydrogen (secondary N) is 2. The molecule has 0 radical (unpaired) electrons. The number of carbonyl (C=O) groups excluding carboxylic acids is 2. The quantitative estimate of drug-likeness (QED) is 0.494. The van der Waals surface area contributed by atoms with Gasteiger partial charge in [-0.25, -0.2) is 12.8 Å². The molecule has 8 nitrogen and oxygen atoms in total. The molecule has 1 aliphatic carbocycles.